The number of nitrogens with zero attached hydrogens (tertiary/aromatic N) is 2. The van der Waals surface area contributed by atoms with Crippen molar-refractivity contribution in [2.24, 2.45) is 0 Å². The molecule has 0 saturated carbocycles. The number of hydrazine groups is 1. The van der Waals surface area contributed by atoms with Gasteiger partial charge in [0.2, 0.25) is 0 Å². The van der Waals surface area contributed by atoms with Gasteiger partial charge < -0.3 is 0 Å². The zero-order valence-electron chi connectivity index (χ0n) is 7.62. The second-order valence-electron chi connectivity index (χ2n) is 2.63. The molecule has 0 saturated heterocycles. The number of sulfonamides is 1. The highest BCUT2D eigenvalue weighted by Gasteiger charge is 2.27. The molecule has 0 aliphatic rings. The predicted octanol–water partition coefficient (Wildman–Crippen LogP) is 1.26. The molecular weight excluding hydrogens is 288 g/mol. The number of halogens is 1. The Morgan fingerprint density at radius 3 is 2.20 bits per heavy atom. The molecule has 0 aliphatic heterocycles. The van der Waals surface area contributed by atoms with Gasteiger partial charge in [-0.05, 0) is 28.7 Å². The van der Waals surface area contributed by atoms with E-state index in [0.29, 0.717) is 4.47 Å². The lowest BCUT2D eigenvalue weighted by Crippen LogP contribution is -2.32. The molecule has 0 heterocycles. The maximum atomic E-state index is 11.6. The van der Waals surface area contributed by atoms with E-state index in [4.69, 9.17) is 0 Å². The summed E-state index contributed by atoms with van der Waals surface area (Å²) in [6.07, 6.45) is 0. The molecule has 0 amide bonds. The van der Waals surface area contributed by atoms with E-state index in [1.165, 1.54) is 24.3 Å². The maximum absolute atomic E-state index is 11.6. The molecule has 1 aromatic rings. The molecule has 0 radical (unpaired) electrons. The van der Waals surface area contributed by atoms with Crippen LogP contribution in [0, 0.1) is 10.1 Å². The van der Waals surface area contributed by atoms with Crippen molar-refractivity contribution in [1.29, 1.82) is 0 Å². The SMILES string of the molecule is CN([N+](=O)[O-])S(=O)(=O)c1ccc(Br)cc1. The fraction of sp³-hybridized carbons (Fsp3) is 0.143. The van der Waals surface area contributed by atoms with Gasteiger partial charge in [-0.2, -0.15) is 8.42 Å². The Kier molecular flexibility index (Phi) is 3.30. The van der Waals surface area contributed by atoms with Crippen LogP contribution in [0.25, 0.3) is 0 Å². The van der Waals surface area contributed by atoms with Crippen LogP contribution in [0.5, 0.6) is 0 Å². The van der Waals surface area contributed by atoms with Crippen LogP contribution in [-0.2, 0) is 10.0 Å². The van der Waals surface area contributed by atoms with E-state index in [9.17, 15) is 18.5 Å². The van der Waals surface area contributed by atoms with Gasteiger partial charge in [0.05, 0.1) is 11.9 Å². The lowest BCUT2D eigenvalue weighted by molar-refractivity contribution is -0.613. The minimum atomic E-state index is -4.04. The number of rotatable bonds is 3. The van der Waals surface area contributed by atoms with Gasteiger partial charge in [-0.1, -0.05) is 15.9 Å². The Bertz CT molecular complexity index is 470. The van der Waals surface area contributed by atoms with Crippen LogP contribution >= 0.6 is 15.9 Å². The van der Waals surface area contributed by atoms with Gasteiger partial charge in [-0.15, -0.1) is 0 Å². The van der Waals surface area contributed by atoms with Crippen molar-refractivity contribution >= 4 is 26.0 Å². The highest BCUT2D eigenvalue weighted by molar-refractivity contribution is 9.10. The molecular formula is C7H7BrN2O4S. The van der Waals surface area contributed by atoms with E-state index in [-0.39, 0.29) is 9.31 Å². The summed E-state index contributed by atoms with van der Waals surface area (Å²) in [4.78, 5) is 10.2. The highest BCUT2D eigenvalue weighted by Crippen LogP contribution is 2.17. The van der Waals surface area contributed by atoms with Gasteiger partial charge in [0.15, 0.2) is 5.03 Å². The lowest BCUT2D eigenvalue weighted by atomic mass is 10.4. The first-order valence-corrected chi connectivity index (χ1v) is 5.98. The number of benzene rings is 1. The minimum Gasteiger partial charge on any atom is -0.234 e. The van der Waals surface area contributed by atoms with E-state index >= 15 is 0 Å². The largest absolute Gasteiger partial charge is 0.313 e. The van der Waals surface area contributed by atoms with Gasteiger partial charge in [0.25, 0.3) is 0 Å². The molecule has 6 nitrogen and oxygen atoms in total. The van der Waals surface area contributed by atoms with E-state index in [1.807, 2.05) is 0 Å². The van der Waals surface area contributed by atoms with Gasteiger partial charge in [-0.25, -0.2) is 10.1 Å². The number of hydrogen-bond donors (Lipinski definition) is 0. The van der Waals surface area contributed by atoms with Crippen LogP contribution < -0.4 is 0 Å². The summed E-state index contributed by atoms with van der Waals surface area (Å²) in [6.45, 7) is 0. The average Bonchev–Trinajstić information content (AvgIpc) is 2.17. The van der Waals surface area contributed by atoms with Crippen molar-refractivity contribution in [3.05, 3.63) is 38.9 Å². The summed E-state index contributed by atoms with van der Waals surface area (Å²) in [5, 5.41) is 9.34. The van der Waals surface area contributed by atoms with Crippen molar-refractivity contribution in [1.82, 2.24) is 4.41 Å². The summed E-state index contributed by atoms with van der Waals surface area (Å²) >= 11 is 3.14. The first-order chi connectivity index (χ1) is 6.85. The monoisotopic (exact) mass is 294 g/mol. The zero-order chi connectivity index (χ0) is 11.6. The maximum Gasteiger partial charge on any atom is 0.313 e. The van der Waals surface area contributed by atoms with Crippen molar-refractivity contribution in [3.8, 4) is 0 Å². The zero-order valence-corrected chi connectivity index (χ0v) is 10.0. The summed E-state index contributed by atoms with van der Waals surface area (Å²) in [5.74, 6) is 0. The van der Waals surface area contributed by atoms with Crippen molar-refractivity contribution < 1.29 is 13.5 Å². The van der Waals surface area contributed by atoms with E-state index in [2.05, 4.69) is 15.9 Å². The quantitative estimate of drug-likeness (QED) is 0.621. The molecule has 1 aromatic carbocycles. The van der Waals surface area contributed by atoms with Crippen LogP contribution in [0.4, 0.5) is 0 Å². The highest BCUT2D eigenvalue weighted by atomic mass is 79.9. The van der Waals surface area contributed by atoms with Crippen LogP contribution in [0.15, 0.2) is 33.6 Å². The van der Waals surface area contributed by atoms with Crippen LogP contribution in [0.1, 0.15) is 0 Å². The summed E-state index contributed by atoms with van der Waals surface area (Å²) in [5.41, 5.74) is 0. The Morgan fingerprint density at radius 2 is 1.80 bits per heavy atom. The third-order valence-corrected chi connectivity index (χ3v) is 3.91. The minimum absolute atomic E-state index is 0.0796. The first kappa shape index (κ1) is 11.9. The van der Waals surface area contributed by atoms with Gasteiger partial charge in [0.1, 0.15) is 0 Å². The van der Waals surface area contributed by atoms with Crippen LogP contribution in [0.3, 0.4) is 0 Å². The standard InChI is InChI=1S/C7H7BrN2O4S/c1-9(10(11)12)15(13,14)7-4-2-6(8)3-5-7/h2-5H,1H3. The molecule has 8 heteroatoms. The Hall–Kier alpha value is -1.15. The van der Waals surface area contributed by atoms with Crippen molar-refractivity contribution in [2.45, 2.75) is 4.90 Å². The molecule has 0 unspecified atom stereocenters. The van der Waals surface area contributed by atoms with E-state index < -0.39 is 15.1 Å². The third kappa shape index (κ3) is 2.45. The second-order valence-corrected chi connectivity index (χ2v) is 5.50. The molecule has 0 aliphatic carbocycles. The molecule has 82 valence electrons. The fourth-order valence-electron chi connectivity index (χ4n) is 0.847. The van der Waals surface area contributed by atoms with Gasteiger partial charge >= 0.3 is 10.0 Å². The number of nitro groups is 1. The summed E-state index contributed by atoms with van der Waals surface area (Å²) in [6, 6.07) is 5.58. The van der Waals surface area contributed by atoms with Gasteiger partial charge in [-0.3, -0.25) is 0 Å². The number of hydrogen-bond acceptors (Lipinski definition) is 4. The second kappa shape index (κ2) is 4.15. The Morgan fingerprint density at radius 1 is 1.33 bits per heavy atom. The topological polar surface area (TPSA) is 80.5 Å². The molecule has 0 N–H and O–H groups in total. The smallest absolute Gasteiger partial charge is 0.234 e. The van der Waals surface area contributed by atoms with Crippen LogP contribution in [0.2, 0.25) is 0 Å². The molecule has 0 atom stereocenters. The van der Waals surface area contributed by atoms with Crippen molar-refractivity contribution in [3.63, 3.8) is 0 Å². The van der Waals surface area contributed by atoms with Gasteiger partial charge in [0, 0.05) is 4.47 Å². The first-order valence-electron chi connectivity index (χ1n) is 3.74. The summed E-state index contributed by atoms with van der Waals surface area (Å²) < 4.78 is 23.9. The van der Waals surface area contributed by atoms with Crippen molar-refractivity contribution in [2.75, 3.05) is 7.05 Å². The molecule has 0 bridgehead atoms. The van der Waals surface area contributed by atoms with E-state index in [1.54, 1.807) is 0 Å². The lowest BCUT2D eigenvalue weighted by Gasteiger charge is -2.08. The molecule has 0 fully saturated rings. The predicted molar refractivity (Wildman–Crippen MR) is 56.1 cm³/mol. The molecule has 1 rings (SSSR count). The molecule has 15 heavy (non-hydrogen) atoms. The summed E-state index contributed by atoms with van der Waals surface area (Å²) in [7, 11) is -3.16. The molecule has 0 aromatic heterocycles. The Labute approximate surface area is 94.8 Å². The Balaban J connectivity index is 3.17. The van der Waals surface area contributed by atoms with E-state index in [0.717, 1.165) is 7.05 Å². The molecule has 0 spiro atoms. The third-order valence-electron chi connectivity index (χ3n) is 1.69. The normalized spacial score (nSPS) is 11.1. The average molecular weight is 295 g/mol. The fourth-order valence-corrected chi connectivity index (χ4v) is 2.07. The van der Waals surface area contributed by atoms with Crippen LogP contribution in [-0.4, -0.2) is 24.9 Å².